The number of hydrogen-bond donors (Lipinski definition) is 1. The maximum absolute atomic E-state index is 12.1. The molecule has 120 valence electrons. The summed E-state index contributed by atoms with van der Waals surface area (Å²) in [6, 6.07) is 4.69. The van der Waals surface area contributed by atoms with E-state index in [2.05, 4.69) is 0 Å². The van der Waals surface area contributed by atoms with E-state index in [-0.39, 0.29) is 25.2 Å². The molecule has 0 aliphatic carbocycles. The number of rotatable bonds is 4. The van der Waals surface area contributed by atoms with Crippen LogP contribution >= 0.6 is 23.2 Å². The van der Waals surface area contributed by atoms with Gasteiger partial charge >= 0.3 is 5.97 Å². The van der Waals surface area contributed by atoms with Crippen LogP contribution in [-0.4, -0.2) is 53.8 Å². The molecule has 2 rings (SSSR count). The molecule has 8 heteroatoms. The molecule has 1 aliphatic heterocycles. The van der Waals surface area contributed by atoms with Crippen LogP contribution in [0.3, 0.4) is 0 Å². The fourth-order valence-electron chi connectivity index (χ4n) is 2.11. The highest BCUT2D eigenvalue weighted by atomic mass is 35.5. The summed E-state index contributed by atoms with van der Waals surface area (Å²) in [5, 5.41) is 9.77. The van der Waals surface area contributed by atoms with Crippen LogP contribution in [0.5, 0.6) is 5.75 Å². The molecule has 1 aromatic carbocycles. The summed E-state index contributed by atoms with van der Waals surface area (Å²) in [7, 11) is 0. The van der Waals surface area contributed by atoms with Crippen molar-refractivity contribution in [2.75, 3.05) is 19.7 Å². The summed E-state index contributed by atoms with van der Waals surface area (Å²) in [4.78, 5) is 24.6. The largest absolute Gasteiger partial charge is 0.482 e. The van der Waals surface area contributed by atoms with Gasteiger partial charge in [0.1, 0.15) is 5.75 Å². The summed E-state index contributed by atoms with van der Waals surface area (Å²) in [5.41, 5.74) is 0. The first-order valence-corrected chi connectivity index (χ1v) is 7.36. The van der Waals surface area contributed by atoms with Crippen molar-refractivity contribution in [3.63, 3.8) is 0 Å². The maximum Gasteiger partial charge on any atom is 0.334 e. The van der Waals surface area contributed by atoms with Crippen LogP contribution in [0.4, 0.5) is 0 Å². The molecule has 1 amide bonds. The van der Waals surface area contributed by atoms with Gasteiger partial charge in [0.05, 0.1) is 17.7 Å². The second-order valence-electron chi connectivity index (χ2n) is 4.94. The van der Waals surface area contributed by atoms with Crippen molar-refractivity contribution in [2.24, 2.45) is 0 Å². The number of morpholine rings is 1. The number of ether oxygens (including phenoxy) is 2. The molecule has 1 fully saturated rings. The lowest BCUT2D eigenvalue weighted by atomic mass is 10.2. The van der Waals surface area contributed by atoms with Gasteiger partial charge in [-0.15, -0.1) is 0 Å². The van der Waals surface area contributed by atoms with Gasteiger partial charge in [-0.1, -0.05) is 23.2 Å². The number of amides is 1. The van der Waals surface area contributed by atoms with Gasteiger partial charge in [0.2, 0.25) is 0 Å². The molecule has 22 heavy (non-hydrogen) atoms. The topological polar surface area (TPSA) is 76.1 Å². The standard InChI is InChI=1S/C14H15Cl2NO5/c1-8-5-17(6-12(22-8)14(19)20)13(18)7-21-11-3-2-9(15)4-10(11)16/h2-4,8,12H,5-7H2,1H3,(H,19,20)/t8-,12?/m1/s1. The van der Waals surface area contributed by atoms with E-state index in [1.807, 2.05) is 0 Å². The summed E-state index contributed by atoms with van der Waals surface area (Å²) in [6.45, 7) is 1.79. The molecule has 0 aromatic heterocycles. The quantitative estimate of drug-likeness (QED) is 0.902. The molecule has 1 heterocycles. The van der Waals surface area contributed by atoms with Gasteiger partial charge in [-0.25, -0.2) is 4.79 Å². The summed E-state index contributed by atoms with van der Waals surface area (Å²) in [5.74, 6) is -1.08. The third kappa shape index (κ3) is 4.25. The number of carboxylic acid groups (broad SMARTS) is 1. The van der Waals surface area contributed by atoms with E-state index in [9.17, 15) is 9.59 Å². The van der Waals surface area contributed by atoms with E-state index in [4.69, 9.17) is 37.8 Å². The first kappa shape index (κ1) is 16.9. The molecule has 1 aromatic rings. The zero-order valence-corrected chi connectivity index (χ0v) is 13.3. The van der Waals surface area contributed by atoms with Gasteiger partial charge in [0.25, 0.3) is 5.91 Å². The average molecular weight is 348 g/mol. The average Bonchev–Trinajstić information content (AvgIpc) is 2.45. The predicted octanol–water partition coefficient (Wildman–Crippen LogP) is 2.07. The smallest absolute Gasteiger partial charge is 0.334 e. The number of benzene rings is 1. The Morgan fingerprint density at radius 1 is 1.41 bits per heavy atom. The molecule has 1 saturated heterocycles. The minimum atomic E-state index is -1.09. The minimum Gasteiger partial charge on any atom is -0.482 e. The Hall–Kier alpha value is -1.50. The summed E-state index contributed by atoms with van der Waals surface area (Å²) >= 11 is 11.7. The normalized spacial score (nSPS) is 21.5. The molecule has 0 radical (unpaired) electrons. The molecular formula is C14H15Cl2NO5. The summed E-state index contributed by atoms with van der Waals surface area (Å²) in [6.07, 6.45) is -1.37. The van der Waals surface area contributed by atoms with Gasteiger partial charge in [-0.2, -0.15) is 0 Å². The zero-order chi connectivity index (χ0) is 16.3. The van der Waals surface area contributed by atoms with Crippen molar-refractivity contribution >= 4 is 35.1 Å². The van der Waals surface area contributed by atoms with Crippen molar-refractivity contribution in [1.29, 1.82) is 0 Å². The van der Waals surface area contributed by atoms with Crippen molar-refractivity contribution < 1.29 is 24.2 Å². The van der Waals surface area contributed by atoms with E-state index < -0.39 is 12.1 Å². The Morgan fingerprint density at radius 2 is 2.14 bits per heavy atom. The lowest BCUT2D eigenvalue weighted by molar-refractivity contribution is -0.167. The van der Waals surface area contributed by atoms with Crippen LogP contribution in [0.2, 0.25) is 10.0 Å². The number of aliphatic carboxylic acids is 1. The van der Waals surface area contributed by atoms with Crippen LogP contribution in [0.1, 0.15) is 6.92 Å². The van der Waals surface area contributed by atoms with Crippen molar-refractivity contribution in [2.45, 2.75) is 19.1 Å². The third-order valence-corrected chi connectivity index (χ3v) is 3.66. The van der Waals surface area contributed by atoms with Crippen LogP contribution in [0.15, 0.2) is 18.2 Å². The second-order valence-corrected chi connectivity index (χ2v) is 5.78. The van der Waals surface area contributed by atoms with Crippen LogP contribution in [0.25, 0.3) is 0 Å². The summed E-state index contributed by atoms with van der Waals surface area (Å²) < 4.78 is 10.6. The van der Waals surface area contributed by atoms with Crippen molar-refractivity contribution in [1.82, 2.24) is 4.90 Å². The second kappa shape index (κ2) is 7.17. The molecule has 1 unspecified atom stereocenters. The predicted molar refractivity (Wildman–Crippen MR) is 80.5 cm³/mol. The van der Waals surface area contributed by atoms with E-state index in [0.717, 1.165) is 0 Å². The first-order valence-electron chi connectivity index (χ1n) is 6.60. The number of carbonyl (C=O) groups is 2. The molecule has 1 aliphatic rings. The maximum atomic E-state index is 12.1. The highest BCUT2D eigenvalue weighted by Gasteiger charge is 2.32. The molecule has 6 nitrogen and oxygen atoms in total. The Kier molecular flexibility index (Phi) is 5.50. The SMILES string of the molecule is C[C@@H]1CN(C(=O)COc2ccc(Cl)cc2Cl)CC(C(=O)O)O1. The van der Waals surface area contributed by atoms with Gasteiger partial charge in [0, 0.05) is 11.6 Å². The highest BCUT2D eigenvalue weighted by Crippen LogP contribution is 2.27. The lowest BCUT2D eigenvalue weighted by Gasteiger charge is -2.34. The van der Waals surface area contributed by atoms with Gasteiger partial charge in [-0.3, -0.25) is 4.79 Å². The van der Waals surface area contributed by atoms with E-state index in [1.54, 1.807) is 19.1 Å². The molecule has 2 atom stereocenters. The molecule has 0 bridgehead atoms. The first-order chi connectivity index (χ1) is 10.4. The Balaban J connectivity index is 1.95. The van der Waals surface area contributed by atoms with Gasteiger partial charge in [0.15, 0.2) is 12.7 Å². The number of nitrogens with zero attached hydrogens (tertiary/aromatic N) is 1. The zero-order valence-electron chi connectivity index (χ0n) is 11.8. The number of carboxylic acids is 1. The Bertz CT molecular complexity index is 580. The molecular weight excluding hydrogens is 333 g/mol. The highest BCUT2D eigenvalue weighted by molar-refractivity contribution is 6.35. The number of hydrogen-bond acceptors (Lipinski definition) is 4. The Labute approximate surface area is 137 Å². The molecule has 1 N–H and O–H groups in total. The monoisotopic (exact) mass is 347 g/mol. The van der Waals surface area contributed by atoms with Gasteiger partial charge < -0.3 is 19.5 Å². The van der Waals surface area contributed by atoms with Crippen LogP contribution < -0.4 is 4.74 Å². The number of halogens is 2. The fourth-order valence-corrected chi connectivity index (χ4v) is 2.58. The minimum absolute atomic E-state index is 0.00375. The Morgan fingerprint density at radius 3 is 2.77 bits per heavy atom. The fraction of sp³-hybridized carbons (Fsp3) is 0.429. The lowest BCUT2D eigenvalue weighted by Crippen LogP contribution is -2.52. The van der Waals surface area contributed by atoms with Crippen molar-refractivity contribution in [3.8, 4) is 5.75 Å². The van der Waals surface area contributed by atoms with E-state index in [0.29, 0.717) is 22.3 Å². The third-order valence-electron chi connectivity index (χ3n) is 3.13. The van der Waals surface area contributed by atoms with Crippen molar-refractivity contribution in [3.05, 3.63) is 28.2 Å². The van der Waals surface area contributed by atoms with Crippen LogP contribution in [-0.2, 0) is 14.3 Å². The molecule has 0 spiro atoms. The van der Waals surface area contributed by atoms with E-state index >= 15 is 0 Å². The number of carbonyl (C=O) groups excluding carboxylic acids is 1. The molecule has 0 saturated carbocycles. The van der Waals surface area contributed by atoms with Gasteiger partial charge in [-0.05, 0) is 25.1 Å². The van der Waals surface area contributed by atoms with E-state index in [1.165, 1.54) is 11.0 Å². The van der Waals surface area contributed by atoms with Crippen LogP contribution in [0, 0.1) is 0 Å².